The lowest BCUT2D eigenvalue weighted by Crippen LogP contribution is -2.26. The summed E-state index contributed by atoms with van der Waals surface area (Å²) in [5.74, 6) is 0.387. The van der Waals surface area contributed by atoms with Crippen LogP contribution in [-0.4, -0.2) is 30.1 Å². The zero-order chi connectivity index (χ0) is 7.56. The van der Waals surface area contributed by atoms with E-state index in [0.717, 1.165) is 6.42 Å². The molecule has 1 rings (SSSR count). The van der Waals surface area contributed by atoms with Gasteiger partial charge in [0.2, 0.25) is 0 Å². The molecular formula is C8H13NO. The molecule has 0 aromatic rings. The largest absolute Gasteiger partial charge is 0.508 e. The van der Waals surface area contributed by atoms with Crippen LogP contribution in [0.5, 0.6) is 0 Å². The van der Waals surface area contributed by atoms with Gasteiger partial charge in [0.25, 0.3) is 0 Å². The molecule has 1 aliphatic rings. The number of aliphatic hydroxyl groups is 1. The molecule has 0 amide bonds. The Morgan fingerprint density at radius 2 is 2.30 bits per heavy atom. The zero-order valence-electron chi connectivity index (χ0n) is 6.41. The van der Waals surface area contributed by atoms with Crippen molar-refractivity contribution in [2.45, 2.75) is 12.5 Å². The van der Waals surface area contributed by atoms with Gasteiger partial charge in [0.15, 0.2) is 0 Å². The maximum Gasteiger partial charge on any atom is 0.111 e. The molecule has 10 heavy (non-hydrogen) atoms. The van der Waals surface area contributed by atoms with E-state index >= 15 is 0 Å². The predicted octanol–water partition coefficient (Wildman–Crippen LogP) is 1.32. The predicted molar refractivity (Wildman–Crippen MR) is 41.9 cm³/mol. The topological polar surface area (TPSA) is 23.5 Å². The molecule has 0 saturated carbocycles. The first-order valence-corrected chi connectivity index (χ1v) is 3.44. The molecule has 56 valence electrons. The van der Waals surface area contributed by atoms with Crippen LogP contribution in [0.2, 0.25) is 0 Å². The van der Waals surface area contributed by atoms with Crippen LogP contribution in [0.1, 0.15) is 6.42 Å². The van der Waals surface area contributed by atoms with Gasteiger partial charge in [-0.05, 0) is 32.7 Å². The number of likely N-dealkylation sites (N-methyl/N-ethyl adjacent to an activating group) is 1. The third-order valence-electron chi connectivity index (χ3n) is 1.72. The van der Waals surface area contributed by atoms with Gasteiger partial charge in [-0.25, -0.2) is 0 Å². The first-order chi connectivity index (χ1) is 4.70. The standard InChI is InChI=1S/C8H13NO/c1-9(2)7-3-5-8(10)6-4-7/h3,5-7,10H,4H2,1-2H3. The zero-order valence-corrected chi connectivity index (χ0v) is 6.41. The molecular weight excluding hydrogens is 126 g/mol. The van der Waals surface area contributed by atoms with Crippen molar-refractivity contribution in [3.8, 4) is 0 Å². The van der Waals surface area contributed by atoms with E-state index in [-0.39, 0.29) is 0 Å². The number of allylic oxidation sites excluding steroid dienone is 1. The Morgan fingerprint density at radius 3 is 2.70 bits per heavy atom. The van der Waals surface area contributed by atoms with Crippen molar-refractivity contribution in [2.75, 3.05) is 14.1 Å². The van der Waals surface area contributed by atoms with Crippen LogP contribution in [0.25, 0.3) is 0 Å². The van der Waals surface area contributed by atoms with Crippen molar-refractivity contribution < 1.29 is 5.11 Å². The van der Waals surface area contributed by atoms with Crippen molar-refractivity contribution in [3.05, 3.63) is 24.0 Å². The molecule has 0 saturated heterocycles. The molecule has 2 nitrogen and oxygen atoms in total. The normalized spacial score (nSPS) is 25.1. The average molecular weight is 139 g/mol. The molecule has 1 N–H and O–H groups in total. The van der Waals surface area contributed by atoms with E-state index in [1.165, 1.54) is 0 Å². The minimum atomic E-state index is 0.387. The second-order valence-corrected chi connectivity index (χ2v) is 2.75. The molecule has 1 unspecified atom stereocenters. The Kier molecular flexibility index (Phi) is 2.12. The highest BCUT2D eigenvalue weighted by Crippen LogP contribution is 2.11. The van der Waals surface area contributed by atoms with Crippen molar-refractivity contribution in [1.82, 2.24) is 4.90 Å². The van der Waals surface area contributed by atoms with E-state index in [1.807, 2.05) is 26.2 Å². The average Bonchev–Trinajstić information content (AvgIpc) is 1.88. The van der Waals surface area contributed by atoms with E-state index in [9.17, 15) is 0 Å². The lowest BCUT2D eigenvalue weighted by atomic mass is 10.1. The second-order valence-electron chi connectivity index (χ2n) is 2.75. The highest BCUT2D eigenvalue weighted by molar-refractivity contribution is 5.18. The van der Waals surface area contributed by atoms with Crippen LogP contribution in [0.4, 0.5) is 0 Å². The Balaban J connectivity index is 2.52. The molecule has 0 radical (unpaired) electrons. The summed E-state index contributed by atoms with van der Waals surface area (Å²) >= 11 is 0. The fourth-order valence-corrected chi connectivity index (χ4v) is 0.981. The Morgan fingerprint density at radius 1 is 1.60 bits per heavy atom. The second kappa shape index (κ2) is 2.88. The lowest BCUT2D eigenvalue weighted by molar-refractivity contribution is 0.333. The minimum Gasteiger partial charge on any atom is -0.508 e. The van der Waals surface area contributed by atoms with E-state index in [0.29, 0.717) is 11.8 Å². The van der Waals surface area contributed by atoms with E-state index in [4.69, 9.17) is 5.11 Å². The summed E-state index contributed by atoms with van der Waals surface area (Å²) in [7, 11) is 4.07. The van der Waals surface area contributed by atoms with Crippen LogP contribution in [-0.2, 0) is 0 Å². The maximum atomic E-state index is 8.96. The van der Waals surface area contributed by atoms with E-state index < -0.39 is 0 Å². The molecule has 0 spiro atoms. The Hall–Kier alpha value is -0.760. The summed E-state index contributed by atoms with van der Waals surface area (Å²) in [6.45, 7) is 0. The van der Waals surface area contributed by atoms with Crippen LogP contribution < -0.4 is 0 Å². The third kappa shape index (κ3) is 1.61. The summed E-state index contributed by atoms with van der Waals surface area (Å²) in [5, 5.41) is 8.96. The van der Waals surface area contributed by atoms with Gasteiger partial charge in [0.05, 0.1) is 0 Å². The van der Waals surface area contributed by atoms with Crippen LogP contribution in [0.3, 0.4) is 0 Å². The fraction of sp³-hybridized carbons (Fsp3) is 0.500. The number of nitrogens with zero attached hydrogens (tertiary/aromatic N) is 1. The lowest BCUT2D eigenvalue weighted by Gasteiger charge is -2.21. The monoisotopic (exact) mass is 139 g/mol. The number of hydrogen-bond donors (Lipinski definition) is 1. The Labute approximate surface area is 61.5 Å². The summed E-state index contributed by atoms with van der Waals surface area (Å²) < 4.78 is 0. The summed E-state index contributed by atoms with van der Waals surface area (Å²) in [6.07, 6.45) is 6.50. The van der Waals surface area contributed by atoms with Crippen molar-refractivity contribution in [1.29, 1.82) is 0 Å². The fourth-order valence-electron chi connectivity index (χ4n) is 0.981. The van der Waals surface area contributed by atoms with Gasteiger partial charge in [-0.15, -0.1) is 0 Å². The summed E-state index contributed by atoms with van der Waals surface area (Å²) in [5.41, 5.74) is 0. The highest BCUT2D eigenvalue weighted by Gasteiger charge is 2.08. The summed E-state index contributed by atoms with van der Waals surface area (Å²) in [6, 6.07) is 0.455. The van der Waals surface area contributed by atoms with Gasteiger partial charge in [-0.3, -0.25) is 0 Å². The summed E-state index contributed by atoms with van der Waals surface area (Å²) in [4.78, 5) is 2.12. The maximum absolute atomic E-state index is 8.96. The molecule has 1 atom stereocenters. The quantitative estimate of drug-likeness (QED) is 0.592. The molecule has 2 heteroatoms. The van der Waals surface area contributed by atoms with Gasteiger partial charge >= 0.3 is 0 Å². The number of aliphatic hydroxyl groups excluding tert-OH is 1. The number of hydrogen-bond acceptors (Lipinski definition) is 2. The molecule has 0 aromatic heterocycles. The molecule has 1 aliphatic carbocycles. The van der Waals surface area contributed by atoms with Crippen molar-refractivity contribution >= 4 is 0 Å². The van der Waals surface area contributed by atoms with Crippen molar-refractivity contribution in [2.24, 2.45) is 0 Å². The molecule has 0 bridgehead atoms. The van der Waals surface area contributed by atoms with Crippen LogP contribution in [0, 0.1) is 0 Å². The first-order valence-electron chi connectivity index (χ1n) is 3.44. The SMILES string of the molecule is CN(C)C1C=CC(O)=CC1. The smallest absolute Gasteiger partial charge is 0.111 e. The molecule has 0 fully saturated rings. The van der Waals surface area contributed by atoms with E-state index in [1.54, 1.807) is 6.08 Å². The highest BCUT2D eigenvalue weighted by atomic mass is 16.3. The first kappa shape index (κ1) is 7.35. The molecule has 0 heterocycles. The van der Waals surface area contributed by atoms with Gasteiger partial charge in [0.1, 0.15) is 5.76 Å². The van der Waals surface area contributed by atoms with Gasteiger partial charge < -0.3 is 10.0 Å². The molecule has 0 aliphatic heterocycles. The van der Waals surface area contributed by atoms with Gasteiger partial charge in [-0.2, -0.15) is 0 Å². The van der Waals surface area contributed by atoms with Crippen LogP contribution >= 0.6 is 0 Å². The third-order valence-corrected chi connectivity index (χ3v) is 1.72. The molecule has 0 aromatic carbocycles. The minimum absolute atomic E-state index is 0.387. The van der Waals surface area contributed by atoms with Gasteiger partial charge in [0, 0.05) is 6.04 Å². The van der Waals surface area contributed by atoms with Crippen molar-refractivity contribution in [3.63, 3.8) is 0 Å². The number of rotatable bonds is 1. The van der Waals surface area contributed by atoms with Gasteiger partial charge in [-0.1, -0.05) is 6.08 Å². The van der Waals surface area contributed by atoms with Crippen LogP contribution in [0.15, 0.2) is 24.0 Å². The van der Waals surface area contributed by atoms with E-state index in [2.05, 4.69) is 4.90 Å². The Bertz CT molecular complexity index is 170.